The molecule has 1 N–H and O–H groups in total. The molecule has 4 heteroatoms. The lowest BCUT2D eigenvalue weighted by molar-refractivity contribution is 0.121. The first-order valence-corrected chi connectivity index (χ1v) is 6.39. The maximum Gasteiger partial charge on any atom is 0.132 e. The standard InChI is InChI=1S/C13H19N3O/c1-10-14-6-4-12(15-10)16-7-11-3-2-5-13(11,8-16)9-17/h4,6,11,17H,2-3,5,7-9H2,1H3. The van der Waals surface area contributed by atoms with Crippen LogP contribution in [0.15, 0.2) is 12.3 Å². The van der Waals surface area contributed by atoms with Crippen LogP contribution in [-0.2, 0) is 0 Å². The fraction of sp³-hybridized carbons (Fsp3) is 0.692. The number of hydrogen-bond donors (Lipinski definition) is 1. The summed E-state index contributed by atoms with van der Waals surface area (Å²) in [5.41, 5.74) is 0.138. The van der Waals surface area contributed by atoms with Crippen LogP contribution in [0.2, 0.25) is 0 Å². The Hall–Kier alpha value is -1.16. The van der Waals surface area contributed by atoms with Crippen molar-refractivity contribution in [1.29, 1.82) is 0 Å². The molecule has 2 unspecified atom stereocenters. The molecule has 0 aromatic carbocycles. The zero-order chi connectivity index (χ0) is 11.9. The summed E-state index contributed by atoms with van der Waals surface area (Å²) in [6, 6.07) is 1.97. The highest BCUT2D eigenvalue weighted by atomic mass is 16.3. The largest absolute Gasteiger partial charge is 0.396 e. The molecule has 2 aliphatic rings. The van der Waals surface area contributed by atoms with Crippen molar-refractivity contribution in [2.45, 2.75) is 26.2 Å². The maximum absolute atomic E-state index is 9.69. The SMILES string of the molecule is Cc1nccc(N2CC3CCCC3(CO)C2)n1. The Kier molecular flexibility index (Phi) is 2.54. The van der Waals surface area contributed by atoms with E-state index >= 15 is 0 Å². The summed E-state index contributed by atoms with van der Waals surface area (Å²) in [4.78, 5) is 10.9. The maximum atomic E-state index is 9.69. The molecule has 1 saturated carbocycles. The van der Waals surface area contributed by atoms with E-state index in [1.807, 2.05) is 19.2 Å². The minimum Gasteiger partial charge on any atom is -0.396 e. The van der Waals surface area contributed by atoms with Gasteiger partial charge >= 0.3 is 0 Å². The predicted molar refractivity (Wildman–Crippen MR) is 65.8 cm³/mol. The molecule has 2 atom stereocenters. The lowest BCUT2D eigenvalue weighted by Gasteiger charge is -2.26. The Morgan fingerprint density at radius 1 is 1.59 bits per heavy atom. The van der Waals surface area contributed by atoms with Gasteiger partial charge in [0, 0.05) is 24.7 Å². The molecule has 1 saturated heterocycles. The van der Waals surface area contributed by atoms with Crippen LogP contribution >= 0.6 is 0 Å². The lowest BCUT2D eigenvalue weighted by atomic mass is 9.82. The van der Waals surface area contributed by atoms with Crippen LogP contribution in [0, 0.1) is 18.3 Å². The van der Waals surface area contributed by atoms with Crippen LogP contribution in [0.1, 0.15) is 25.1 Å². The highest BCUT2D eigenvalue weighted by molar-refractivity contribution is 5.40. The van der Waals surface area contributed by atoms with Crippen molar-refractivity contribution in [3.8, 4) is 0 Å². The zero-order valence-electron chi connectivity index (χ0n) is 10.3. The van der Waals surface area contributed by atoms with Crippen LogP contribution in [0.25, 0.3) is 0 Å². The molecule has 2 heterocycles. The summed E-state index contributed by atoms with van der Waals surface area (Å²) >= 11 is 0. The minimum atomic E-state index is 0.138. The number of aliphatic hydroxyl groups is 1. The van der Waals surface area contributed by atoms with Crippen LogP contribution in [0.4, 0.5) is 5.82 Å². The second-order valence-electron chi connectivity index (χ2n) is 5.45. The normalized spacial score (nSPS) is 31.9. The van der Waals surface area contributed by atoms with Gasteiger partial charge in [-0.2, -0.15) is 0 Å². The second-order valence-corrected chi connectivity index (χ2v) is 5.45. The van der Waals surface area contributed by atoms with Gasteiger partial charge in [-0.15, -0.1) is 0 Å². The summed E-state index contributed by atoms with van der Waals surface area (Å²) < 4.78 is 0. The molecule has 1 aromatic heterocycles. The average Bonchev–Trinajstić information content (AvgIpc) is 2.85. The summed E-state index contributed by atoms with van der Waals surface area (Å²) in [5, 5.41) is 9.69. The Morgan fingerprint density at radius 3 is 3.18 bits per heavy atom. The molecule has 1 aromatic rings. The molecule has 92 valence electrons. The summed E-state index contributed by atoms with van der Waals surface area (Å²) in [6.45, 7) is 4.22. The van der Waals surface area contributed by atoms with E-state index in [1.165, 1.54) is 12.8 Å². The number of aromatic nitrogens is 2. The van der Waals surface area contributed by atoms with E-state index in [0.717, 1.165) is 31.2 Å². The van der Waals surface area contributed by atoms with Gasteiger partial charge in [-0.3, -0.25) is 0 Å². The monoisotopic (exact) mass is 233 g/mol. The number of hydrogen-bond acceptors (Lipinski definition) is 4. The number of aliphatic hydroxyl groups excluding tert-OH is 1. The molecular weight excluding hydrogens is 214 g/mol. The average molecular weight is 233 g/mol. The summed E-state index contributed by atoms with van der Waals surface area (Å²) in [5.74, 6) is 2.47. The van der Waals surface area contributed by atoms with E-state index in [2.05, 4.69) is 14.9 Å². The molecule has 2 fully saturated rings. The van der Waals surface area contributed by atoms with Crippen molar-refractivity contribution < 1.29 is 5.11 Å². The van der Waals surface area contributed by atoms with Crippen LogP contribution < -0.4 is 4.90 Å². The topological polar surface area (TPSA) is 49.2 Å². The van der Waals surface area contributed by atoms with Gasteiger partial charge < -0.3 is 10.0 Å². The van der Waals surface area contributed by atoms with Crippen molar-refractivity contribution in [1.82, 2.24) is 9.97 Å². The van der Waals surface area contributed by atoms with Crippen molar-refractivity contribution in [2.24, 2.45) is 11.3 Å². The molecule has 0 bridgehead atoms. The minimum absolute atomic E-state index is 0.138. The summed E-state index contributed by atoms with van der Waals surface area (Å²) in [7, 11) is 0. The van der Waals surface area contributed by atoms with Gasteiger partial charge in [-0.25, -0.2) is 9.97 Å². The predicted octanol–water partition coefficient (Wildman–Crippen LogP) is 1.38. The van der Waals surface area contributed by atoms with E-state index in [-0.39, 0.29) is 5.41 Å². The molecule has 17 heavy (non-hydrogen) atoms. The molecular formula is C13H19N3O. The summed E-state index contributed by atoms with van der Waals surface area (Å²) in [6.07, 6.45) is 5.50. The highest BCUT2D eigenvalue weighted by Crippen LogP contribution is 2.48. The molecule has 4 nitrogen and oxygen atoms in total. The number of nitrogens with zero attached hydrogens (tertiary/aromatic N) is 3. The van der Waals surface area contributed by atoms with Gasteiger partial charge in [0.05, 0.1) is 6.61 Å². The third kappa shape index (κ3) is 1.71. The van der Waals surface area contributed by atoms with E-state index in [4.69, 9.17) is 0 Å². The highest BCUT2D eigenvalue weighted by Gasteiger charge is 2.49. The molecule has 0 radical (unpaired) electrons. The van der Waals surface area contributed by atoms with Gasteiger partial charge in [0.1, 0.15) is 11.6 Å². The molecule has 1 aliphatic carbocycles. The third-order valence-electron chi connectivity index (χ3n) is 4.44. The number of anilines is 1. The fourth-order valence-corrected chi connectivity index (χ4v) is 3.47. The molecule has 0 spiro atoms. The van der Waals surface area contributed by atoms with E-state index in [0.29, 0.717) is 12.5 Å². The van der Waals surface area contributed by atoms with E-state index < -0.39 is 0 Å². The Bertz CT molecular complexity index is 423. The lowest BCUT2D eigenvalue weighted by Crippen LogP contribution is -2.31. The Morgan fingerprint density at radius 2 is 2.47 bits per heavy atom. The third-order valence-corrected chi connectivity index (χ3v) is 4.44. The Balaban J connectivity index is 1.84. The van der Waals surface area contributed by atoms with Gasteiger partial charge in [0.2, 0.25) is 0 Å². The van der Waals surface area contributed by atoms with Gasteiger partial charge in [-0.05, 0) is 31.7 Å². The first kappa shape index (κ1) is 11.0. The Labute approximate surface area is 102 Å². The van der Waals surface area contributed by atoms with Gasteiger partial charge in [0.25, 0.3) is 0 Å². The molecule has 3 rings (SSSR count). The van der Waals surface area contributed by atoms with E-state index in [9.17, 15) is 5.11 Å². The quantitative estimate of drug-likeness (QED) is 0.838. The van der Waals surface area contributed by atoms with Crippen molar-refractivity contribution in [3.05, 3.63) is 18.1 Å². The van der Waals surface area contributed by atoms with Crippen molar-refractivity contribution in [3.63, 3.8) is 0 Å². The second kappa shape index (κ2) is 3.95. The number of aryl methyl sites for hydroxylation is 1. The fourth-order valence-electron chi connectivity index (χ4n) is 3.47. The van der Waals surface area contributed by atoms with Crippen LogP contribution in [0.5, 0.6) is 0 Å². The zero-order valence-corrected chi connectivity index (χ0v) is 10.3. The van der Waals surface area contributed by atoms with Crippen molar-refractivity contribution in [2.75, 3.05) is 24.6 Å². The van der Waals surface area contributed by atoms with E-state index in [1.54, 1.807) is 0 Å². The molecule has 0 amide bonds. The van der Waals surface area contributed by atoms with Gasteiger partial charge in [-0.1, -0.05) is 6.42 Å². The van der Waals surface area contributed by atoms with Crippen LogP contribution in [-0.4, -0.2) is 34.8 Å². The number of rotatable bonds is 2. The smallest absolute Gasteiger partial charge is 0.132 e. The first-order valence-electron chi connectivity index (χ1n) is 6.39. The van der Waals surface area contributed by atoms with Gasteiger partial charge in [0.15, 0.2) is 0 Å². The molecule has 1 aliphatic heterocycles. The number of fused-ring (bicyclic) bond motifs is 1. The first-order chi connectivity index (χ1) is 8.23. The van der Waals surface area contributed by atoms with Crippen LogP contribution in [0.3, 0.4) is 0 Å². The van der Waals surface area contributed by atoms with Crippen molar-refractivity contribution >= 4 is 5.82 Å².